The van der Waals surface area contributed by atoms with Crippen LogP contribution >= 0.6 is 0 Å². The van der Waals surface area contributed by atoms with E-state index in [4.69, 9.17) is 19.9 Å². The molecule has 1 unspecified atom stereocenters. The van der Waals surface area contributed by atoms with Crippen LogP contribution in [0, 0.1) is 0 Å². The summed E-state index contributed by atoms with van der Waals surface area (Å²) in [5.41, 5.74) is 6.99. The van der Waals surface area contributed by atoms with Crippen LogP contribution in [0.15, 0.2) is 12.1 Å². The van der Waals surface area contributed by atoms with E-state index in [2.05, 4.69) is 0 Å². The molecule has 2 aliphatic rings. The third-order valence-electron chi connectivity index (χ3n) is 2.79. The highest BCUT2D eigenvalue weighted by molar-refractivity contribution is 6.51. The van der Waals surface area contributed by atoms with E-state index in [0.717, 1.165) is 5.46 Å². The third-order valence-corrected chi connectivity index (χ3v) is 2.79. The minimum Gasteiger partial charge on any atom is -0.454 e. The van der Waals surface area contributed by atoms with Crippen molar-refractivity contribution in [1.82, 2.24) is 0 Å². The van der Waals surface area contributed by atoms with Gasteiger partial charge in [-0.3, -0.25) is 0 Å². The lowest BCUT2D eigenvalue weighted by Crippen LogP contribution is -2.34. The van der Waals surface area contributed by atoms with Gasteiger partial charge in [0.1, 0.15) is 0 Å². The van der Waals surface area contributed by atoms with Crippen LogP contribution in [0.3, 0.4) is 0 Å². The molecule has 1 aromatic rings. The molecule has 0 amide bonds. The van der Waals surface area contributed by atoms with E-state index >= 15 is 0 Å². The Balaban J connectivity index is 2.17. The lowest BCUT2D eigenvalue weighted by Gasteiger charge is -2.21. The van der Waals surface area contributed by atoms with E-state index in [9.17, 15) is 5.11 Å². The minimum atomic E-state index is -1.38. The van der Waals surface area contributed by atoms with E-state index in [1.165, 1.54) is 0 Å². The highest BCUT2D eigenvalue weighted by Crippen LogP contribution is 2.36. The Bertz CT molecular complexity index is 425. The standard InChI is InChI=1S/C9H10BNO4/c11-3-9(12)5-1-2-6-8(14-4-13-6)7(5)10-15-9/h1-2,10,12H,3-4,11H2. The predicted molar refractivity (Wildman–Crippen MR) is 53.4 cm³/mol. The molecule has 78 valence electrons. The zero-order valence-electron chi connectivity index (χ0n) is 8.03. The Labute approximate surface area is 87.0 Å². The van der Waals surface area contributed by atoms with Crippen molar-refractivity contribution >= 4 is 12.9 Å². The molecule has 0 aromatic heterocycles. The number of benzene rings is 1. The van der Waals surface area contributed by atoms with Gasteiger partial charge in [0.2, 0.25) is 6.79 Å². The second-order valence-electron chi connectivity index (χ2n) is 3.60. The highest BCUT2D eigenvalue weighted by Gasteiger charge is 2.40. The molecule has 6 heteroatoms. The van der Waals surface area contributed by atoms with E-state index in [1.54, 1.807) is 12.1 Å². The summed E-state index contributed by atoms with van der Waals surface area (Å²) in [6.45, 7) is 0.243. The van der Waals surface area contributed by atoms with Gasteiger partial charge in [-0.1, -0.05) is 6.07 Å². The van der Waals surface area contributed by atoms with E-state index < -0.39 is 5.79 Å². The van der Waals surface area contributed by atoms with Gasteiger partial charge in [-0.15, -0.1) is 0 Å². The highest BCUT2D eigenvalue weighted by atomic mass is 16.7. The first kappa shape index (κ1) is 9.02. The number of fused-ring (bicyclic) bond motifs is 3. The van der Waals surface area contributed by atoms with Crippen LogP contribution in [-0.2, 0) is 10.4 Å². The zero-order valence-corrected chi connectivity index (χ0v) is 8.03. The monoisotopic (exact) mass is 207 g/mol. The molecule has 0 fully saturated rings. The van der Waals surface area contributed by atoms with Gasteiger partial charge in [0.15, 0.2) is 17.3 Å². The summed E-state index contributed by atoms with van der Waals surface area (Å²) < 4.78 is 15.8. The summed E-state index contributed by atoms with van der Waals surface area (Å²) in [7, 11) is 0.301. The molecule has 2 heterocycles. The number of hydrogen-bond donors (Lipinski definition) is 2. The smallest absolute Gasteiger partial charge is 0.317 e. The van der Waals surface area contributed by atoms with Crippen molar-refractivity contribution in [3.63, 3.8) is 0 Å². The SMILES string of the molecule is NCC1(O)OBc2c1ccc1c2OCO1. The molecular weight excluding hydrogens is 197 g/mol. The van der Waals surface area contributed by atoms with Crippen LogP contribution in [0.25, 0.3) is 0 Å². The lowest BCUT2D eigenvalue weighted by molar-refractivity contribution is -0.128. The Morgan fingerprint density at radius 3 is 3.13 bits per heavy atom. The Kier molecular flexibility index (Phi) is 1.73. The minimum absolute atomic E-state index is 0.0274. The fourth-order valence-corrected chi connectivity index (χ4v) is 1.98. The maximum absolute atomic E-state index is 10.0. The average molecular weight is 207 g/mol. The van der Waals surface area contributed by atoms with Crippen molar-refractivity contribution in [2.45, 2.75) is 5.79 Å². The number of rotatable bonds is 1. The summed E-state index contributed by atoms with van der Waals surface area (Å²) in [5, 5.41) is 10.0. The number of nitrogens with two attached hydrogens (primary N) is 1. The molecule has 0 bridgehead atoms. The third kappa shape index (κ3) is 1.09. The molecule has 0 aliphatic carbocycles. The first-order valence-corrected chi connectivity index (χ1v) is 4.73. The van der Waals surface area contributed by atoms with Crippen LogP contribution in [0.5, 0.6) is 11.5 Å². The molecule has 3 rings (SSSR count). The van der Waals surface area contributed by atoms with Gasteiger partial charge in [0.25, 0.3) is 0 Å². The van der Waals surface area contributed by atoms with Crippen LogP contribution < -0.4 is 20.7 Å². The Morgan fingerprint density at radius 2 is 2.33 bits per heavy atom. The van der Waals surface area contributed by atoms with Crippen molar-refractivity contribution in [2.24, 2.45) is 5.73 Å². The number of ether oxygens (including phenoxy) is 2. The summed E-state index contributed by atoms with van der Waals surface area (Å²) >= 11 is 0. The molecule has 0 radical (unpaired) electrons. The van der Waals surface area contributed by atoms with Crippen molar-refractivity contribution < 1.29 is 19.2 Å². The molecule has 2 aliphatic heterocycles. The fourth-order valence-electron chi connectivity index (χ4n) is 1.98. The van der Waals surface area contributed by atoms with Crippen molar-refractivity contribution in [2.75, 3.05) is 13.3 Å². The van der Waals surface area contributed by atoms with E-state index in [1.807, 2.05) is 0 Å². The zero-order chi connectivity index (χ0) is 10.5. The van der Waals surface area contributed by atoms with Crippen molar-refractivity contribution in [1.29, 1.82) is 0 Å². The number of hydrogen-bond acceptors (Lipinski definition) is 5. The second-order valence-corrected chi connectivity index (χ2v) is 3.60. The average Bonchev–Trinajstić information content (AvgIpc) is 2.83. The first-order valence-electron chi connectivity index (χ1n) is 4.73. The molecular formula is C9H10BNO4. The quantitative estimate of drug-likeness (QED) is 0.549. The second kappa shape index (κ2) is 2.88. The van der Waals surface area contributed by atoms with E-state index in [0.29, 0.717) is 24.5 Å². The van der Waals surface area contributed by atoms with Crippen LogP contribution in [0.1, 0.15) is 5.56 Å². The van der Waals surface area contributed by atoms with Gasteiger partial charge < -0.3 is 25.0 Å². The lowest BCUT2D eigenvalue weighted by atomic mass is 9.85. The van der Waals surface area contributed by atoms with Crippen molar-refractivity contribution in [3.8, 4) is 11.5 Å². The molecule has 3 N–H and O–H groups in total. The predicted octanol–water partition coefficient (Wildman–Crippen LogP) is -1.47. The first-order chi connectivity index (χ1) is 7.24. The van der Waals surface area contributed by atoms with Gasteiger partial charge in [-0.05, 0) is 6.07 Å². The largest absolute Gasteiger partial charge is 0.454 e. The van der Waals surface area contributed by atoms with Crippen LogP contribution in [0.4, 0.5) is 0 Å². The summed E-state index contributed by atoms with van der Waals surface area (Å²) in [6.07, 6.45) is 0. The van der Waals surface area contributed by atoms with Gasteiger partial charge >= 0.3 is 7.48 Å². The molecule has 15 heavy (non-hydrogen) atoms. The molecule has 0 saturated carbocycles. The fraction of sp³-hybridized carbons (Fsp3) is 0.333. The van der Waals surface area contributed by atoms with Crippen LogP contribution in [-0.4, -0.2) is 25.9 Å². The molecule has 1 atom stereocenters. The Morgan fingerprint density at radius 1 is 1.47 bits per heavy atom. The van der Waals surface area contributed by atoms with Crippen LogP contribution in [0.2, 0.25) is 0 Å². The molecule has 0 spiro atoms. The van der Waals surface area contributed by atoms with Gasteiger partial charge in [-0.2, -0.15) is 0 Å². The molecule has 5 nitrogen and oxygen atoms in total. The van der Waals surface area contributed by atoms with Gasteiger partial charge in [0, 0.05) is 11.0 Å². The maximum Gasteiger partial charge on any atom is 0.317 e. The van der Waals surface area contributed by atoms with Gasteiger partial charge in [-0.25, -0.2) is 0 Å². The normalized spacial score (nSPS) is 26.3. The van der Waals surface area contributed by atoms with Crippen molar-refractivity contribution in [3.05, 3.63) is 17.7 Å². The summed E-state index contributed by atoms with van der Waals surface area (Å²) in [4.78, 5) is 0. The Hall–Kier alpha value is -1.24. The molecule has 0 saturated heterocycles. The van der Waals surface area contributed by atoms with Gasteiger partial charge in [0.05, 0.1) is 6.54 Å². The van der Waals surface area contributed by atoms with E-state index in [-0.39, 0.29) is 13.3 Å². The summed E-state index contributed by atoms with van der Waals surface area (Å²) in [6, 6.07) is 3.53. The summed E-state index contributed by atoms with van der Waals surface area (Å²) in [5.74, 6) is -0.0217. The number of aliphatic hydroxyl groups is 1. The maximum atomic E-state index is 10.0. The molecule has 1 aromatic carbocycles. The topological polar surface area (TPSA) is 73.9 Å².